The summed E-state index contributed by atoms with van der Waals surface area (Å²) < 4.78 is 66.2. The second-order valence-corrected chi connectivity index (χ2v) is 10.9. The van der Waals surface area contributed by atoms with Gasteiger partial charge in [0.05, 0.1) is 25.8 Å². The number of cyclic esters (lactones) is 1. The molecular weight excluding hydrogens is 567 g/mol. The number of carbonyl (C=O) groups is 1. The molecule has 43 heavy (non-hydrogen) atoms. The summed E-state index contributed by atoms with van der Waals surface area (Å²) >= 11 is 0. The molecule has 11 heteroatoms. The van der Waals surface area contributed by atoms with E-state index in [4.69, 9.17) is 23.7 Å². The van der Waals surface area contributed by atoms with E-state index in [-0.39, 0.29) is 24.3 Å². The summed E-state index contributed by atoms with van der Waals surface area (Å²) in [6.07, 6.45) is -2.38. The summed E-state index contributed by atoms with van der Waals surface area (Å²) in [6, 6.07) is 4.38. The minimum absolute atomic E-state index is 0.0940. The fourth-order valence-corrected chi connectivity index (χ4v) is 5.78. The molecule has 2 unspecified atom stereocenters. The first-order chi connectivity index (χ1) is 20.3. The summed E-state index contributed by atoms with van der Waals surface area (Å²) in [5, 5.41) is 11.3. The third kappa shape index (κ3) is 6.13. The van der Waals surface area contributed by atoms with E-state index in [9.17, 15) is 23.1 Å². The summed E-state index contributed by atoms with van der Waals surface area (Å²) in [5.41, 5.74) is 3.09. The minimum atomic E-state index is -4.45. The normalized spacial score (nSPS) is 20.1. The summed E-state index contributed by atoms with van der Waals surface area (Å²) in [6.45, 7) is 8.32. The van der Waals surface area contributed by atoms with Crippen LogP contribution >= 0.6 is 0 Å². The zero-order valence-electron chi connectivity index (χ0n) is 25.4. The Labute approximate surface area is 249 Å². The van der Waals surface area contributed by atoms with Crippen LogP contribution in [0.1, 0.15) is 56.8 Å². The number of benzene rings is 2. The molecule has 0 amide bonds. The summed E-state index contributed by atoms with van der Waals surface area (Å²) in [7, 11) is 5.15. The quantitative estimate of drug-likeness (QED) is 0.286. The van der Waals surface area contributed by atoms with Crippen LogP contribution in [0.25, 0.3) is 11.1 Å². The van der Waals surface area contributed by atoms with Gasteiger partial charge in [0.1, 0.15) is 18.1 Å². The topological polar surface area (TPSA) is 86.7 Å². The maximum atomic E-state index is 13.1. The smallest absolute Gasteiger partial charge is 0.416 e. The molecule has 0 aliphatic carbocycles. The highest BCUT2D eigenvalue weighted by atomic mass is 19.4. The first kappa shape index (κ1) is 32.1. The second kappa shape index (κ2) is 12.8. The van der Waals surface area contributed by atoms with Gasteiger partial charge in [0, 0.05) is 29.2 Å². The van der Waals surface area contributed by atoms with Crippen molar-refractivity contribution >= 4 is 5.97 Å². The van der Waals surface area contributed by atoms with E-state index in [1.165, 1.54) is 12.1 Å². The number of phenolic OH excluding ortho intramolecular Hbond substituents is 1. The number of allylic oxidation sites excluding steroid dienone is 1. The van der Waals surface area contributed by atoms with Crippen molar-refractivity contribution in [2.75, 3.05) is 34.6 Å². The Morgan fingerprint density at radius 2 is 1.81 bits per heavy atom. The van der Waals surface area contributed by atoms with E-state index in [2.05, 4.69) is 0 Å². The number of methoxy groups -OCH3 is 2. The summed E-state index contributed by atoms with van der Waals surface area (Å²) in [4.78, 5) is 14.5. The van der Waals surface area contributed by atoms with Crippen molar-refractivity contribution < 1.29 is 46.8 Å². The Hall–Kier alpha value is -3.86. The van der Waals surface area contributed by atoms with Gasteiger partial charge in [-0.05, 0) is 55.6 Å². The molecule has 0 fully saturated rings. The number of hydrogen-bond acceptors (Lipinski definition) is 8. The molecule has 2 atom stereocenters. The molecule has 0 bridgehead atoms. The Kier molecular flexibility index (Phi) is 9.54. The maximum absolute atomic E-state index is 13.1. The van der Waals surface area contributed by atoms with Crippen LogP contribution in [0, 0.1) is 5.92 Å². The third-order valence-corrected chi connectivity index (χ3v) is 7.99. The Morgan fingerprint density at radius 1 is 1.16 bits per heavy atom. The van der Waals surface area contributed by atoms with Crippen molar-refractivity contribution in [2.24, 2.45) is 5.92 Å². The highest BCUT2D eigenvalue weighted by Gasteiger charge is 2.45. The van der Waals surface area contributed by atoms with Crippen molar-refractivity contribution in [3.8, 4) is 28.4 Å². The summed E-state index contributed by atoms with van der Waals surface area (Å²) in [5.74, 6) is 1.27. The minimum Gasteiger partial charge on any atom is -0.504 e. The fourth-order valence-electron chi connectivity index (χ4n) is 5.78. The average Bonchev–Trinajstić information content (AvgIpc) is 3.56. The van der Waals surface area contributed by atoms with E-state index in [0.29, 0.717) is 53.3 Å². The zero-order chi connectivity index (χ0) is 31.6. The van der Waals surface area contributed by atoms with Crippen molar-refractivity contribution in [1.82, 2.24) is 4.90 Å². The van der Waals surface area contributed by atoms with Crippen LogP contribution < -0.4 is 9.47 Å². The number of carbonyl (C=O) groups excluding carboxylic acids is 1. The van der Waals surface area contributed by atoms with Gasteiger partial charge in [-0.25, -0.2) is 4.79 Å². The van der Waals surface area contributed by atoms with Crippen LogP contribution in [-0.2, 0) is 31.6 Å². The van der Waals surface area contributed by atoms with E-state index in [1.807, 2.05) is 39.6 Å². The van der Waals surface area contributed by atoms with Gasteiger partial charge in [-0.3, -0.25) is 4.90 Å². The predicted molar refractivity (Wildman–Crippen MR) is 154 cm³/mol. The van der Waals surface area contributed by atoms with Crippen LogP contribution in [0.15, 0.2) is 47.4 Å². The number of likely N-dealkylation sites (N-methyl/N-ethyl adjacent to an activating group) is 1. The second-order valence-electron chi connectivity index (χ2n) is 10.9. The SMILES string of the molecule is CCC1=C(C)C(C2c3c(O)c4c(c(-c5ccc(C(F)(F)F)cc5)c3CCN2C)OCO4)OC1=O.CO/C=C(\OC)C(C)C. The van der Waals surface area contributed by atoms with Gasteiger partial charge < -0.3 is 28.8 Å². The number of halogens is 3. The lowest BCUT2D eigenvalue weighted by molar-refractivity contribution is -0.142. The van der Waals surface area contributed by atoms with Crippen LogP contribution in [0.5, 0.6) is 17.2 Å². The molecule has 2 aromatic carbocycles. The predicted octanol–water partition coefficient (Wildman–Crippen LogP) is 6.76. The van der Waals surface area contributed by atoms with Gasteiger partial charge in [0.25, 0.3) is 0 Å². The van der Waals surface area contributed by atoms with E-state index >= 15 is 0 Å². The molecule has 3 aliphatic heterocycles. The number of phenols is 1. The number of alkyl halides is 3. The Balaban J connectivity index is 0.000000410. The first-order valence-corrected chi connectivity index (χ1v) is 14.1. The number of ether oxygens (including phenoxy) is 5. The highest BCUT2D eigenvalue weighted by molar-refractivity contribution is 5.92. The van der Waals surface area contributed by atoms with Gasteiger partial charge in [0.15, 0.2) is 11.5 Å². The molecule has 0 spiro atoms. The maximum Gasteiger partial charge on any atom is 0.416 e. The molecule has 0 saturated carbocycles. The van der Waals surface area contributed by atoms with Crippen molar-refractivity contribution in [1.29, 1.82) is 0 Å². The molecule has 3 aliphatic rings. The third-order valence-electron chi connectivity index (χ3n) is 7.99. The van der Waals surface area contributed by atoms with Gasteiger partial charge in [-0.15, -0.1) is 0 Å². The number of fused-ring (bicyclic) bond motifs is 2. The Bertz CT molecular complexity index is 1410. The van der Waals surface area contributed by atoms with Crippen LogP contribution in [0.2, 0.25) is 0 Å². The highest BCUT2D eigenvalue weighted by Crippen LogP contribution is 2.56. The van der Waals surface area contributed by atoms with Gasteiger partial charge in [0.2, 0.25) is 12.5 Å². The number of nitrogens with zero attached hydrogens (tertiary/aromatic N) is 1. The van der Waals surface area contributed by atoms with Crippen LogP contribution in [0.4, 0.5) is 13.2 Å². The molecule has 5 rings (SSSR count). The molecular formula is C32H38F3NO7. The van der Waals surface area contributed by atoms with Crippen LogP contribution in [-0.4, -0.2) is 56.7 Å². The van der Waals surface area contributed by atoms with E-state index < -0.39 is 23.9 Å². The molecule has 0 saturated heterocycles. The van der Waals surface area contributed by atoms with Crippen LogP contribution in [0.3, 0.4) is 0 Å². The molecule has 8 nitrogen and oxygen atoms in total. The molecule has 2 aromatic rings. The molecule has 0 radical (unpaired) electrons. The van der Waals surface area contributed by atoms with Crippen molar-refractivity contribution in [3.63, 3.8) is 0 Å². The van der Waals surface area contributed by atoms with E-state index in [1.54, 1.807) is 20.5 Å². The molecule has 234 valence electrons. The van der Waals surface area contributed by atoms with Gasteiger partial charge in [-0.1, -0.05) is 32.9 Å². The number of esters is 1. The number of rotatable bonds is 6. The fraction of sp³-hybridized carbons (Fsp3) is 0.469. The molecule has 3 heterocycles. The monoisotopic (exact) mass is 605 g/mol. The van der Waals surface area contributed by atoms with E-state index in [0.717, 1.165) is 29.0 Å². The zero-order valence-corrected chi connectivity index (χ0v) is 25.4. The lowest BCUT2D eigenvalue weighted by Crippen LogP contribution is -2.40. The average molecular weight is 606 g/mol. The lowest BCUT2D eigenvalue weighted by Gasteiger charge is -2.39. The number of aromatic hydroxyl groups is 1. The van der Waals surface area contributed by atoms with Gasteiger partial charge in [-0.2, -0.15) is 13.2 Å². The lowest BCUT2D eigenvalue weighted by atomic mass is 9.81. The molecule has 0 aromatic heterocycles. The van der Waals surface area contributed by atoms with Crippen molar-refractivity contribution in [3.05, 3.63) is 64.1 Å². The first-order valence-electron chi connectivity index (χ1n) is 14.1. The number of hydrogen-bond donors (Lipinski definition) is 1. The standard InChI is InChI=1S/C25H24F3NO5.C7H14O2/c1-4-15-12(2)21(34-24(15)31)19-18-16(9-10-29(19)3)17(22-23(20(18)30)33-11-32-22)13-5-7-14(8-6-13)25(26,27)28;1-6(2)7(9-4)5-8-3/h5-8,19,21,30H,4,9-11H2,1-3H3;5-6H,1-4H3/b;7-5-. The van der Waals surface area contributed by atoms with Crippen molar-refractivity contribution in [2.45, 2.75) is 58.9 Å². The largest absolute Gasteiger partial charge is 0.504 e. The van der Waals surface area contributed by atoms with Gasteiger partial charge >= 0.3 is 12.1 Å². The molecule has 1 N–H and O–H groups in total. The Morgan fingerprint density at radius 3 is 2.33 bits per heavy atom.